The summed E-state index contributed by atoms with van der Waals surface area (Å²) >= 11 is 0. The van der Waals surface area contributed by atoms with Crippen LogP contribution in [-0.2, 0) is 0 Å². The first-order valence-corrected chi connectivity index (χ1v) is 21.4. The molecule has 3 heterocycles. The lowest BCUT2D eigenvalue weighted by Crippen LogP contribution is -2.30. The number of pyridine rings is 1. The Morgan fingerprint density at radius 3 is 1.87 bits per heavy atom. The van der Waals surface area contributed by atoms with Crippen LogP contribution < -0.4 is 4.90 Å². The average Bonchev–Trinajstić information content (AvgIpc) is 3.70. The van der Waals surface area contributed by atoms with Crippen LogP contribution in [-0.4, -0.2) is 30.5 Å². The highest BCUT2D eigenvalue weighted by Crippen LogP contribution is 2.40. The molecule has 300 valence electrons. The molecule has 0 bridgehead atoms. The molecule has 1 aliphatic rings. The van der Waals surface area contributed by atoms with Gasteiger partial charge in [0.1, 0.15) is 0 Å². The molecule has 0 aliphatic heterocycles. The highest BCUT2D eigenvalue weighted by Gasteiger charge is 2.23. The van der Waals surface area contributed by atoms with Crippen LogP contribution in [0.2, 0.25) is 0 Å². The van der Waals surface area contributed by atoms with E-state index in [1.54, 1.807) is 0 Å². The molecule has 11 rings (SSSR count). The van der Waals surface area contributed by atoms with E-state index < -0.39 is 0 Å². The van der Waals surface area contributed by atoms with Gasteiger partial charge in [0.05, 0.1) is 22.8 Å². The lowest BCUT2D eigenvalue weighted by Gasteiger charge is -2.34. The molecule has 7 aromatic carbocycles. The van der Waals surface area contributed by atoms with Crippen molar-refractivity contribution in [3.8, 4) is 51.1 Å². The van der Waals surface area contributed by atoms with Crippen molar-refractivity contribution < 1.29 is 0 Å². The third-order valence-electron chi connectivity index (χ3n) is 11.9. The standard InChI is InChI=1S/C57H42N6/c1-39-17-11-13-28-51(39)62(45-23-9-4-10-24-45)46-33-31-40(32-34-46)43-22-15-25-47(37-43)63-52-29-14-12-26-49(52)54-48(27-16-30-53(54)63)50-38-44(35-36-58-50)57-60-55(41-18-5-2-6-19-41)59-56(61-57)42-20-7-3-8-21-42/h2-33,35-38,46H,34H2,1H3. The second kappa shape index (κ2) is 16.3. The number of hydrogen-bond donors (Lipinski definition) is 0. The Balaban J connectivity index is 0.967. The predicted octanol–water partition coefficient (Wildman–Crippen LogP) is 13.9. The average molecular weight is 811 g/mol. The zero-order valence-corrected chi connectivity index (χ0v) is 34.8. The van der Waals surface area contributed by atoms with E-state index in [4.69, 9.17) is 19.9 Å². The molecule has 0 N–H and O–H groups in total. The smallest absolute Gasteiger partial charge is 0.164 e. The molecule has 0 spiro atoms. The van der Waals surface area contributed by atoms with E-state index in [1.807, 2.05) is 72.9 Å². The predicted molar refractivity (Wildman–Crippen MR) is 259 cm³/mol. The summed E-state index contributed by atoms with van der Waals surface area (Å²) in [6.07, 6.45) is 9.78. The van der Waals surface area contributed by atoms with E-state index in [2.05, 4.69) is 162 Å². The first-order chi connectivity index (χ1) is 31.2. The van der Waals surface area contributed by atoms with Gasteiger partial charge in [0, 0.05) is 56.3 Å². The molecular formula is C57H42N6. The molecule has 6 nitrogen and oxygen atoms in total. The Hall–Kier alpha value is -8.22. The first-order valence-electron chi connectivity index (χ1n) is 21.4. The summed E-state index contributed by atoms with van der Waals surface area (Å²) in [4.78, 5) is 22.4. The molecule has 1 unspecified atom stereocenters. The third-order valence-corrected chi connectivity index (χ3v) is 11.9. The SMILES string of the molecule is Cc1ccccc1N(c1ccccc1)C1C=CC(c2cccc(-n3c4ccccc4c4c(-c5cc(-c6nc(-c7ccccc7)nc(-c7ccccc7)n6)ccn5)cccc43)c2)=CC1. The van der Waals surface area contributed by atoms with Gasteiger partial charge in [0.25, 0.3) is 0 Å². The first kappa shape index (κ1) is 37.8. The fourth-order valence-electron chi connectivity index (χ4n) is 8.94. The van der Waals surface area contributed by atoms with Crippen molar-refractivity contribution >= 4 is 38.8 Å². The van der Waals surface area contributed by atoms with Gasteiger partial charge in [0.2, 0.25) is 0 Å². The summed E-state index contributed by atoms with van der Waals surface area (Å²) in [6.45, 7) is 2.19. The summed E-state index contributed by atoms with van der Waals surface area (Å²) in [7, 11) is 0. The van der Waals surface area contributed by atoms with Crippen LogP contribution in [0, 0.1) is 6.92 Å². The number of aryl methyl sites for hydroxylation is 1. The van der Waals surface area contributed by atoms with Crippen molar-refractivity contribution in [2.45, 2.75) is 19.4 Å². The van der Waals surface area contributed by atoms with Crippen molar-refractivity contribution in [1.82, 2.24) is 24.5 Å². The largest absolute Gasteiger partial charge is 0.334 e. The zero-order valence-electron chi connectivity index (χ0n) is 34.8. The number of benzene rings is 7. The van der Waals surface area contributed by atoms with E-state index in [0.29, 0.717) is 17.5 Å². The number of aromatic nitrogens is 5. The van der Waals surface area contributed by atoms with E-state index in [-0.39, 0.29) is 6.04 Å². The van der Waals surface area contributed by atoms with Crippen LogP contribution in [0.15, 0.2) is 219 Å². The number of nitrogens with zero attached hydrogens (tertiary/aromatic N) is 6. The molecule has 0 saturated carbocycles. The van der Waals surface area contributed by atoms with E-state index in [0.717, 1.165) is 61.9 Å². The minimum absolute atomic E-state index is 0.185. The number of para-hydroxylation sites is 3. The number of allylic oxidation sites excluding steroid dienone is 2. The van der Waals surface area contributed by atoms with E-state index in [1.165, 1.54) is 28.1 Å². The molecular weight excluding hydrogens is 769 g/mol. The highest BCUT2D eigenvalue weighted by atomic mass is 15.2. The van der Waals surface area contributed by atoms with Crippen molar-refractivity contribution in [3.05, 3.63) is 230 Å². The normalized spacial score (nSPS) is 13.6. The lowest BCUT2D eigenvalue weighted by atomic mass is 9.95. The maximum Gasteiger partial charge on any atom is 0.164 e. The Labute approximate surface area is 366 Å². The molecule has 63 heavy (non-hydrogen) atoms. The Morgan fingerprint density at radius 2 is 1.16 bits per heavy atom. The van der Waals surface area contributed by atoms with Gasteiger partial charge >= 0.3 is 0 Å². The zero-order chi connectivity index (χ0) is 42.1. The topological polar surface area (TPSA) is 59.7 Å². The van der Waals surface area contributed by atoms with Crippen LogP contribution in [0.1, 0.15) is 17.5 Å². The van der Waals surface area contributed by atoms with Crippen molar-refractivity contribution in [2.75, 3.05) is 4.90 Å². The maximum absolute atomic E-state index is 5.01. The van der Waals surface area contributed by atoms with Gasteiger partial charge in [-0.2, -0.15) is 0 Å². The number of anilines is 2. The van der Waals surface area contributed by atoms with Crippen LogP contribution in [0.25, 0.3) is 78.5 Å². The van der Waals surface area contributed by atoms with Crippen LogP contribution in [0.4, 0.5) is 11.4 Å². The summed E-state index contributed by atoms with van der Waals surface area (Å²) in [5.41, 5.74) is 14.0. The molecule has 10 aromatic rings. The number of hydrogen-bond acceptors (Lipinski definition) is 5. The van der Waals surface area contributed by atoms with Crippen LogP contribution in [0.5, 0.6) is 0 Å². The van der Waals surface area contributed by atoms with Crippen molar-refractivity contribution in [3.63, 3.8) is 0 Å². The molecule has 3 aromatic heterocycles. The molecule has 0 saturated heterocycles. The monoisotopic (exact) mass is 810 g/mol. The van der Waals surface area contributed by atoms with Gasteiger partial charge in [-0.25, -0.2) is 15.0 Å². The summed E-state index contributed by atoms with van der Waals surface area (Å²) in [6, 6.07) is 67.9. The van der Waals surface area contributed by atoms with Gasteiger partial charge in [-0.3, -0.25) is 4.98 Å². The fourth-order valence-corrected chi connectivity index (χ4v) is 8.94. The molecule has 0 radical (unpaired) electrons. The number of rotatable bonds is 9. The van der Waals surface area contributed by atoms with E-state index >= 15 is 0 Å². The molecule has 0 amide bonds. The van der Waals surface area contributed by atoms with Crippen molar-refractivity contribution in [1.29, 1.82) is 0 Å². The van der Waals surface area contributed by atoms with Gasteiger partial charge in [-0.05, 0) is 84.6 Å². The van der Waals surface area contributed by atoms with Gasteiger partial charge in [0.15, 0.2) is 17.5 Å². The minimum atomic E-state index is 0.185. The fraction of sp³-hybridized carbons (Fsp3) is 0.0526. The maximum atomic E-state index is 5.01. The summed E-state index contributed by atoms with van der Waals surface area (Å²) in [5.74, 6) is 1.85. The quantitative estimate of drug-likeness (QED) is 0.145. The number of fused-ring (bicyclic) bond motifs is 3. The van der Waals surface area contributed by atoms with Gasteiger partial charge in [-0.15, -0.1) is 0 Å². The second-order valence-corrected chi connectivity index (χ2v) is 15.9. The van der Waals surface area contributed by atoms with Crippen LogP contribution in [0.3, 0.4) is 0 Å². The Kier molecular flexibility index (Phi) is 9.79. The Bertz CT molecular complexity index is 3280. The second-order valence-electron chi connectivity index (χ2n) is 15.9. The summed E-state index contributed by atoms with van der Waals surface area (Å²) < 4.78 is 2.39. The van der Waals surface area contributed by atoms with Gasteiger partial charge < -0.3 is 9.47 Å². The lowest BCUT2D eigenvalue weighted by molar-refractivity contribution is 0.785. The molecule has 1 aliphatic carbocycles. The Morgan fingerprint density at radius 1 is 0.540 bits per heavy atom. The van der Waals surface area contributed by atoms with Gasteiger partial charge in [-0.1, -0.05) is 158 Å². The van der Waals surface area contributed by atoms with Crippen LogP contribution >= 0.6 is 0 Å². The minimum Gasteiger partial charge on any atom is -0.334 e. The highest BCUT2D eigenvalue weighted by molar-refractivity contribution is 6.15. The molecule has 6 heteroatoms. The molecule has 0 fully saturated rings. The third kappa shape index (κ3) is 7.17. The van der Waals surface area contributed by atoms with Crippen molar-refractivity contribution in [2.24, 2.45) is 0 Å². The summed E-state index contributed by atoms with van der Waals surface area (Å²) in [5, 5.41) is 2.31. The van der Waals surface area contributed by atoms with E-state index in [9.17, 15) is 0 Å². The molecule has 1 atom stereocenters.